The van der Waals surface area contributed by atoms with Crippen molar-refractivity contribution in [2.24, 2.45) is 5.92 Å². The first-order valence-corrected chi connectivity index (χ1v) is 11.8. The number of carbonyl (C=O) groups is 1. The molecule has 1 aromatic carbocycles. The molecule has 7 nitrogen and oxygen atoms in total. The molecule has 32 heavy (non-hydrogen) atoms. The summed E-state index contributed by atoms with van der Waals surface area (Å²) in [5.74, 6) is 2.32. The van der Waals surface area contributed by atoms with Crippen molar-refractivity contribution in [2.45, 2.75) is 45.1 Å². The van der Waals surface area contributed by atoms with Crippen LogP contribution in [0.4, 0.5) is 5.82 Å². The topological polar surface area (TPSA) is 78.0 Å². The lowest BCUT2D eigenvalue weighted by Crippen LogP contribution is -2.44. The molecule has 0 bridgehead atoms. The third-order valence-electron chi connectivity index (χ3n) is 7.20. The smallest absolute Gasteiger partial charge is 0.226 e. The molecular weight excluding hydrogens is 400 g/mol. The predicted octanol–water partition coefficient (Wildman–Crippen LogP) is 3.16. The summed E-state index contributed by atoms with van der Waals surface area (Å²) in [6.07, 6.45) is 7.73. The summed E-state index contributed by atoms with van der Waals surface area (Å²) < 4.78 is 0. The van der Waals surface area contributed by atoms with Gasteiger partial charge in [0.1, 0.15) is 5.82 Å². The fraction of sp³-hybridized carbons (Fsp3) is 0.440. The number of aryl methyl sites for hydroxylation is 1. The lowest BCUT2D eigenvalue weighted by molar-refractivity contribution is -0.137. The molecule has 4 heterocycles. The molecule has 3 aromatic rings. The maximum atomic E-state index is 13.2. The van der Waals surface area contributed by atoms with Gasteiger partial charge in [-0.05, 0) is 32.1 Å². The highest BCUT2D eigenvalue weighted by Crippen LogP contribution is 2.34. The van der Waals surface area contributed by atoms with Gasteiger partial charge in [-0.15, -0.1) is 0 Å². The average Bonchev–Trinajstić information content (AvgIpc) is 3.52. The van der Waals surface area contributed by atoms with E-state index in [9.17, 15) is 4.79 Å². The molecule has 1 fully saturated rings. The van der Waals surface area contributed by atoms with Gasteiger partial charge in [0.05, 0.1) is 6.20 Å². The van der Waals surface area contributed by atoms with E-state index in [0.717, 1.165) is 80.9 Å². The quantitative estimate of drug-likeness (QED) is 0.693. The Labute approximate surface area is 187 Å². The molecule has 1 aliphatic carbocycles. The van der Waals surface area contributed by atoms with Crippen molar-refractivity contribution in [3.8, 4) is 11.4 Å². The number of amides is 1. The van der Waals surface area contributed by atoms with E-state index in [1.165, 1.54) is 17.0 Å². The third kappa shape index (κ3) is 3.45. The van der Waals surface area contributed by atoms with Crippen LogP contribution in [0.2, 0.25) is 0 Å². The van der Waals surface area contributed by atoms with Crippen LogP contribution < -0.4 is 4.90 Å². The van der Waals surface area contributed by atoms with E-state index in [1.807, 2.05) is 29.3 Å². The molecule has 1 amide bonds. The Morgan fingerprint density at radius 1 is 1.00 bits per heavy atom. The number of piperidine rings is 1. The molecule has 0 radical (unpaired) electrons. The van der Waals surface area contributed by atoms with Crippen LogP contribution in [-0.4, -0.2) is 50.6 Å². The molecule has 2 aromatic heterocycles. The molecule has 7 heteroatoms. The van der Waals surface area contributed by atoms with Gasteiger partial charge in [0.15, 0.2) is 5.82 Å². The first-order valence-electron chi connectivity index (χ1n) is 11.8. The summed E-state index contributed by atoms with van der Waals surface area (Å²) >= 11 is 0. The molecule has 0 spiro atoms. The Morgan fingerprint density at radius 3 is 2.69 bits per heavy atom. The fourth-order valence-corrected chi connectivity index (χ4v) is 5.40. The van der Waals surface area contributed by atoms with Gasteiger partial charge in [0, 0.05) is 66.6 Å². The van der Waals surface area contributed by atoms with Crippen molar-refractivity contribution in [1.82, 2.24) is 25.1 Å². The summed E-state index contributed by atoms with van der Waals surface area (Å²) in [6.45, 7) is 3.22. The van der Waals surface area contributed by atoms with Gasteiger partial charge in [-0.1, -0.05) is 30.3 Å². The summed E-state index contributed by atoms with van der Waals surface area (Å²) in [6, 6.07) is 10.3. The Balaban J connectivity index is 1.18. The van der Waals surface area contributed by atoms with E-state index in [0.29, 0.717) is 12.5 Å². The normalized spacial score (nSPS) is 18.5. The number of nitrogens with zero attached hydrogens (tertiary/aromatic N) is 5. The average molecular weight is 429 g/mol. The molecule has 2 aliphatic heterocycles. The fourth-order valence-electron chi connectivity index (χ4n) is 5.40. The van der Waals surface area contributed by atoms with Crippen molar-refractivity contribution >= 4 is 11.7 Å². The zero-order valence-electron chi connectivity index (χ0n) is 18.3. The van der Waals surface area contributed by atoms with E-state index in [-0.39, 0.29) is 5.92 Å². The minimum absolute atomic E-state index is 0.100. The molecule has 1 N–H and O–H groups in total. The highest BCUT2D eigenvalue weighted by molar-refractivity contribution is 5.79. The van der Waals surface area contributed by atoms with Gasteiger partial charge in [0.2, 0.25) is 5.91 Å². The second-order valence-electron chi connectivity index (χ2n) is 9.16. The SMILES string of the molecule is O=C(C1CCN(c2nc(-c3ccccc3)nc3c2CCC3)CC1)N1CCc2[nH]ncc2C1. The monoisotopic (exact) mass is 428 g/mol. The van der Waals surface area contributed by atoms with Crippen molar-refractivity contribution in [3.05, 3.63) is 59.0 Å². The van der Waals surface area contributed by atoms with Gasteiger partial charge in [-0.3, -0.25) is 9.89 Å². The van der Waals surface area contributed by atoms with Crippen LogP contribution in [0, 0.1) is 5.92 Å². The van der Waals surface area contributed by atoms with Crippen LogP contribution in [0.3, 0.4) is 0 Å². The zero-order valence-corrected chi connectivity index (χ0v) is 18.3. The second-order valence-corrected chi connectivity index (χ2v) is 9.16. The number of carbonyl (C=O) groups excluding carboxylic acids is 1. The van der Waals surface area contributed by atoms with Crippen molar-refractivity contribution in [3.63, 3.8) is 0 Å². The Morgan fingerprint density at radius 2 is 1.84 bits per heavy atom. The van der Waals surface area contributed by atoms with Crippen LogP contribution in [0.15, 0.2) is 36.5 Å². The molecule has 0 saturated carbocycles. The summed E-state index contributed by atoms with van der Waals surface area (Å²) in [7, 11) is 0. The third-order valence-corrected chi connectivity index (χ3v) is 7.20. The number of aromatic nitrogens is 4. The van der Waals surface area contributed by atoms with E-state index in [4.69, 9.17) is 9.97 Å². The van der Waals surface area contributed by atoms with E-state index in [2.05, 4.69) is 27.2 Å². The van der Waals surface area contributed by atoms with Crippen LogP contribution in [0.5, 0.6) is 0 Å². The van der Waals surface area contributed by atoms with Crippen molar-refractivity contribution in [1.29, 1.82) is 0 Å². The highest BCUT2D eigenvalue weighted by Gasteiger charge is 2.32. The van der Waals surface area contributed by atoms with Gasteiger partial charge in [-0.2, -0.15) is 5.10 Å². The first kappa shape index (κ1) is 19.5. The van der Waals surface area contributed by atoms with Gasteiger partial charge in [-0.25, -0.2) is 9.97 Å². The standard InChI is InChI=1S/C25H28N6O/c32-25(31-14-11-21-19(16-31)15-26-29-21)18-9-12-30(13-10-18)24-20-7-4-8-22(20)27-23(28-24)17-5-2-1-3-6-17/h1-3,5-6,15,18H,4,7-14,16H2,(H,26,29). The minimum Gasteiger partial charge on any atom is -0.356 e. The Hall–Kier alpha value is -3.22. The molecular formula is C25H28N6O. The number of H-pyrrole nitrogens is 1. The number of hydrogen-bond donors (Lipinski definition) is 1. The molecule has 1 saturated heterocycles. The molecule has 3 aliphatic rings. The minimum atomic E-state index is 0.100. The maximum absolute atomic E-state index is 13.2. The van der Waals surface area contributed by atoms with Crippen LogP contribution >= 0.6 is 0 Å². The molecule has 6 rings (SSSR count). The summed E-state index contributed by atoms with van der Waals surface area (Å²) in [4.78, 5) is 27.5. The largest absolute Gasteiger partial charge is 0.356 e. The highest BCUT2D eigenvalue weighted by atomic mass is 16.2. The Kier molecular flexibility index (Phi) is 4.89. The van der Waals surface area contributed by atoms with Gasteiger partial charge in [0.25, 0.3) is 0 Å². The first-order chi connectivity index (χ1) is 15.8. The number of hydrogen-bond acceptors (Lipinski definition) is 5. The zero-order chi connectivity index (χ0) is 21.5. The number of aromatic amines is 1. The maximum Gasteiger partial charge on any atom is 0.226 e. The van der Waals surface area contributed by atoms with E-state index in [1.54, 1.807) is 0 Å². The van der Waals surface area contributed by atoms with Gasteiger partial charge >= 0.3 is 0 Å². The number of anilines is 1. The van der Waals surface area contributed by atoms with Gasteiger partial charge < -0.3 is 9.80 Å². The van der Waals surface area contributed by atoms with E-state index < -0.39 is 0 Å². The van der Waals surface area contributed by atoms with Crippen LogP contribution in [0.25, 0.3) is 11.4 Å². The molecule has 164 valence electrons. The number of benzene rings is 1. The Bertz CT molecular complexity index is 1130. The number of nitrogens with one attached hydrogen (secondary N) is 1. The van der Waals surface area contributed by atoms with Crippen molar-refractivity contribution < 1.29 is 4.79 Å². The molecule has 0 unspecified atom stereocenters. The van der Waals surface area contributed by atoms with Crippen LogP contribution in [0.1, 0.15) is 41.8 Å². The van der Waals surface area contributed by atoms with Crippen LogP contribution in [-0.2, 0) is 30.6 Å². The predicted molar refractivity (Wildman–Crippen MR) is 122 cm³/mol. The lowest BCUT2D eigenvalue weighted by atomic mass is 9.94. The number of rotatable bonds is 3. The van der Waals surface area contributed by atoms with Crippen molar-refractivity contribution in [2.75, 3.05) is 24.5 Å². The van der Waals surface area contributed by atoms with E-state index >= 15 is 0 Å². The second kappa shape index (κ2) is 8.04. The summed E-state index contributed by atoms with van der Waals surface area (Å²) in [5, 5.41) is 7.18. The lowest BCUT2D eigenvalue weighted by Gasteiger charge is -2.36. The summed E-state index contributed by atoms with van der Waals surface area (Å²) in [5.41, 5.74) is 5.93. The molecule has 0 atom stereocenters. The number of fused-ring (bicyclic) bond motifs is 2.